The van der Waals surface area contributed by atoms with E-state index in [-0.39, 0.29) is 37.2 Å². The Balaban J connectivity index is 0.00000256. The first kappa shape index (κ1) is 15.2. The van der Waals surface area contributed by atoms with Gasteiger partial charge in [-0.1, -0.05) is 0 Å². The van der Waals surface area contributed by atoms with E-state index in [2.05, 4.69) is 10.1 Å². The lowest BCUT2D eigenvalue weighted by atomic mass is 10.2. The Morgan fingerprint density at radius 3 is 2.41 bits per heavy atom. The molecule has 17 heavy (non-hydrogen) atoms. The molecule has 0 aromatic heterocycles. The lowest BCUT2D eigenvalue weighted by molar-refractivity contribution is -0.140. The second-order valence-electron chi connectivity index (χ2n) is 3.20. The maximum Gasteiger partial charge on any atom is 0.307 e. The number of hydrogen-bond donors (Lipinski definition) is 2. The minimum absolute atomic E-state index is 0. The zero-order valence-corrected chi connectivity index (χ0v) is 10.3. The summed E-state index contributed by atoms with van der Waals surface area (Å²) < 4.78 is 4.45. The van der Waals surface area contributed by atoms with Crippen molar-refractivity contribution >= 4 is 30.0 Å². The Morgan fingerprint density at radius 1 is 1.29 bits per heavy atom. The van der Waals surface area contributed by atoms with Gasteiger partial charge in [-0.05, 0) is 24.3 Å². The van der Waals surface area contributed by atoms with E-state index in [4.69, 9.17) is 5.73 Å². The van der Waals surface area contributed by atoms with E-state index in [0.717, 1.165) is 0 Å². The van der Waals surface area contributed by atoms with Crippen LogP contribution in [0.4, 0.5) is 5.69 Å². The molecule has 6 heteroatoms. The third-order valence-corrected chi connectivity index (χ3v) is 2.02. The van der Waals surface area contributed by atoms with Gasteiger partial charge in [0.05, 0.1) is 13.5 Å². The molecule has 0 aliphatic carbocycles. The van der Waals surface area contributed by atoms with Gasteiger partial charge in [0.2, 0.25) is 0 Å². The van der Waals surface area contributed by atoms with Crippen molar-refractivity contribution in [2.24, 2.45) is 0 Å². The van der Waals surface area contributed by atoms with Crippen LogP contribution in [0.3, 0.4) is 0 Å². The Labute approximate surface area is 106 Å². The molecule has 1 aromatic rings. The molecule has 0 unspecified atom stereocenters. The van der Waals surface area contributed by atoms with Crippen LogP contribution < -0.4 is 11.1 Å². The molecule has 0 atom stereocenters. The number of anilines is 1. The van der Waals surface area contributed by atoms with Gasteiger partial charge >= 0.3 is 5.97 Å². The standard InChI is InChI=1S/C11H14N2O3.ClH/c1-16-10(14)6-7-13-11(15)8-2-4-9(12)5-3-8;/h2-5H,6-7,12H2,1H3,(H,13,15);1H. The summed E-state index contributed by atoms with van der Waals surface area (Å²) >= 11 is 0. The van der Waals surface area contributed by atoms with Gasteiger partial charge in [0.15, 0.2) is 0 Å². The van der Waals surface area contributed by atoms with Crippen LogP contribution in [0.2, 0.25) is 0 Å². The number of carbonyl (C=O) groups excluding carboxylic acids is 2. The number of nitrogens with two attached hydrogens (primary N) is 1. The minimum atomic E-state index is -0.349. The minimum Gasteiger partial charge on any atom is -0.469 e. The number of rotatable bonds is 4. The molecule has 0 spiro atoms. The van der Waals surface area contributed by atoms with Crippen molar-refractivity contribution in [3.63, 3.8) is 0 Å². The smallest absolute Gasteiger partial charge is 0.307 e. The van der Waals surface area contributed by atoms with Crippen molar-refractivity contribution in [2.75, 3.05) is 19.4 Å². The van der Waals surface area contributed by atoms with Crippen LogP contribution in [0.1, 0.15) is 16.8 Å². The molecule has 1 amide bonds. The average Bonchev–Trinajstić information content (AvgIpc) is 2.29. The van der Waals surface area contributed by atoms with Gasteiger partial charge in [-0.2, -0.15) is 0 Å². The van der Waals surface area contributed by atoms with Crippen LogP contribution in [0.15, 0.2) is 24.3 Å². The molecule has 0 saturated carbocycles. The van der Waals surface area contributed by atoms with Gasteiger partial charge in [-0.3, -0.25) is 9.59 Å². The van der Waals surface area contributed by atoms with E-state index in [9.17, 15) is 9.59 Å². The van der Waals surface area contributed by atoms with Gasteiger partial charge in [0, 0.05) is 17.8 Å². The number of carbonyl (C=O) groups is 2. The SMILES string of the molecule is COC(=O)CCNC(=O)c1ccc(N)cc1.Cl. The molecule has 0 aliphatic heterocycles. The Hall–Kier alpha value is -1.75. The number of benzene rings is 1. The van der Waals surface area contributed by atoms with E-state index < -0.39 is 0 Å². The maximum absolute atomic E-state index is 11.5. The largest absolute Gasteiger partial charge is 0.469 e. The summed E-state index contributed by atoms with van der Waals surface area (Å²) in [4.78, 5) is 22.3. The molecule has 3 N–H and O–H groups in total. The van der Waals surface area contributed by atoms with Crippen LogP contribution in [0.25, 0.3) is 0 Å². The maximum atomic E-state index is 11.5. The number of hydrogen-bond acceptors (Lipinski definition) is 4. The molecule has 0 radical (unpaired) electrons. The third-order valence-electron chi connectivity index (χ3n) is 2.02. The van der Waals surface area contributed by atoms with Crippen LogP contribution in [-0.2, 0) is 9.53 Å². The zero-order chi connectivity index (χ0) is 12.0. The topological polar surface area (TPSA) is 81.4 Å². The van der Waals surface area contributed by atoms with Gasteiger partial charge < -0.3 is 15.8 Å². The summed E-state index contributed by atoms with van der Waals surface area (Å²) in [5, 5.41) is 2.60. The number of amides is 1. The molecular weight excluding hydrogens is 244 g/mol. The highest BCUT2D eigenvalue weighted by Gasteiger charge is 2.05. The second kappa shape index (κ2) is 7.51. The molecule has 0 aliphatic rings. The van der Waals surface area contributed by atoms with E-state index >= 15 is 0 Å². The fraction of sp³-hybridized carbons (Fsp3) is 0.273. The normalized spacial score (nSPS) is 9.00. The molecular formula is C11H15ClN2O3. The highest BCUT2D eigenvalue weighted by atomic mass is 35.5. The van der Waals surface area contributed by atoms with Gasteiger partial charge in [0.1, 0.15) is 0 Å². The van der Waals surface area contributed by atoms with Crippen molar-refractivity contribution < 1.29 is 14.3 Å². The quantitative estimate of drug-likeness (QED) is 0.623. The summed E-state index contributed by atoms with van der Waals surface area (Å²) in [5.41, 5.74) is 6.61. The molecule has 5 nitrogen and oxygen atoms in total. The van der Waals surface area contributed by atoms with Crippen LogP contribution >= 0.6 is 12.4 Å². The lowest BCUT2D eigenvalue weighted by Crippen LogP contribution is -2.26. The predicted octanol–water partition coefficient (Wildman–Crippen LogP) is 0.983. The first-order chi connectivity index (χ1) is 7.63. The van der Waals surface area contributed by atoms with E-state index in [1.807, 2.05) is 0 Å². The fourth-order valence-electron chi connectivity index (χ4n) is 1.12. The van der Waals surface area contributed by atoms with E-state index in [0.29, 0.717) is 11.3 Å². The van der Waals surface area contributed by atoms with Crippen molar-refractivity contribution in [3.05, 3.63) is 29.8 Å². The van der Waals surface area contributed by atoms with Gasteiger partial charge in [-0.15, -0.1) is 12.4 Å². The Morgan fingerprint density at radius 2 is 1.88 bits per heavy atom. The molecule has 0 heterocycles. The highest BCUT2D eigenvalue weighted by molar-refractivity contribution is 5.94. The Bertz CT molecular complexity index is 379. The summed E-state index contributed by atoms with van der Waals surface area (Å²) in [6, 6.07) is 6.55. The zero-order valence-electron chi connectivity index (χ0n) is 9.43. The monoisotopic (exact) mass is 258 g/mol. The van der Waals surface area contributed by atoms with Gasteiger partial charge in [0.25, 0.3) is 5.91 Å². The van der Waals surface area contributed by atoms with Crippen molar-refractivity contribution in [1.29, 1.82) is 0 Å². The number of nitrogen functional groups attached to an aromatic ring is 1. The Kier molecular flexibility index (Phi) is 6.74. The molecule has 0 fully saturated rings. The first-order valence-corrected chi connectivity index (χ1v) is 4.84. The fourth-order valence-corrected chi connectivity index (χ4v) is 1.12. The molecule has 94 valence electrons. The molecule has 1 rings (SSSR count). The number of ether oxygens (including phenoxy) is 1. The average molecular weight is 259 g/mol. The molecule has 1 aromatic carbocycles. The van der Waals surface area contributed by atoms with Crippen LogP contribution in [-0.4, -0.2) is 25.5 Å². The first-order valence-electron chi connectivity index (χ1n) is 4.84. The summed E-state index contributed by atoms with van der Waals surface area (Å²) in [6.07, 6.45) is 0.164. The number of halogens is 1. The van der Waals surface area contributed by atoms with Crippen molar-refractivity contribution in [1.82, 2.24) is 5.32 Å². The lowest BCUT2D eigenvalue weighted by Gasteiger charge is -2.04. The van der Waals surface area contributed by atoms with Crippen LogP contribution in [0.5, 0.6) is 0 Å². The number of nitrogens with one attached hydrogen (secondary N) is 1. The van der Waals surface area contributed by atoms with Crippen molar-refractivity contribution in [2.45, 2.75) is 6.42 Å². The van der Waals surface area contributed by atoms with Gasteiger partial charge in [-0.25, -0.2) is 0 Å². The second-order valence-corrected chi connectivity index (χ2v) is 3.20. The highest BCUT2D eigenvalue weighted by Crippen LogP contribution is 2.04. The third kappa shape index (κ3) is 5.21. The summed E-state index contributed by atoms with van der Waals surface area (Å²) in [7, 11) is 1.31. The number of esters is 1. The van der Waals surface area contributed by atoms with Crippen molar-refractivity contribution in [3.8, 4) is 0 Å². The summed E-state index contributed by atoms with van der Waals surface area (Å²) in [6.45, 7) is 0.260. The van der Waals surface area contributed by atoms with E-state index in [1.165, 1.54) is 7.11 Å². The summed E-state index contributed by atoms with van der Waals surface area (Å²) in [5.74, 6) is -0.582. The van der Waals surface area contributed by atoms with E-state index in [1.54, 1.807) is 24.3 Å². The molecule has 0 saturated heterocycles. The number of methoxy groups -OCH3 is 1. The molecule has 0 bridgehead atoms. The van der Waals surface area contributed by atoms with Crippen LogP contribution in [0, 0.1) is 0 Å². The predicted molar refractivity (Wildman–Crippen MR) is 67.1 cm³/mol.